The molecule has 82 valence electrons. The summed E-state index contributed by atoms with van der Waals surface area (Å²) in [7, 11) is -4.60. The highest BCUT2D eigenvalue weighted by Gasteiger charge is 2.12. The third-order valence-corrected chi connectivity index (χ3v) is 1.82. The van der Waals surface area contributed by atoms with Gasteiger partial charge in [0.1, 0.15) is 16.5 Å². The molecule has 0 aromatic rings. The summed E-state index contributed by atoms with van der Waals surface area (Å²) in [5, 5.41) is 0. The van der Waals surface area contributed by atoms with E-state index in [4.69, 9.17) is 0 Å². The molecule has 0 fully saturated rings. The van der Waals surface area contributed by atoms with E-state index in [2.05, 4.69) is 4.74 Å². The summed E-state index contributed by atoms with van der Waals surface area (Å²) in [6, 6.07) is 0. The van der Waals surface area contributed by atoms with Gasteiger partial charge in [0.15, 0.2) is 5.78 Å². The quantitative estimate of drug-likeness (QED) is 0.340. The number of hydrogen-bond acceptors (Lipinski definition) is 6. The molecule has 0 aromatic carbocycles. The third kappa shape index (κ3) is 7.69. The van der Waals surface area contributed by atoms with Gasteiger partial charge in [-0.3, -0.25) is 9.59 Å². The highest BCUT2D eigenvalue weighted by molar-refractivity contribution is 7.86. The molecule has 0 aromatic heterocycles. The Labute approximate surface area is 82.0 Å². The summed E-state index contributed by atoms with van der Waals surface area (Å²) >= 11 is 0. The normalized spacial score (nSPS) is 11.0. The summed E-state index contributed by atoms with van der Waals surface area (Å²) in [6.07, 6.45) is -0.0543. The molecule has 7 heteroatoms. The van der Waals surface area contributed by atoms with E-state index in [0.717, 1.165) is 0 Å². The van der Waals surface area contributed by atoms with Crippen molar-refractivity contribution in [3.8, 4) is 0 Å². The fraction of sp³-hybridized carbons (Fsp3) is 0.714. The summed E-state index contributed by atoms with van der Waals surface area (Å²) in [5.74, 6) is -2.91. The second kappa shape index (κ2) is 5.71. The van der Waals surface area contributed by atoms with Crippen LogP contribution in [0.15, 0.2) is 0 Å². The molecule has 0 rings (SSSR count). The van der Waals surface area contributed by atoms with Crippen molar-refractivity contribution >= 4 is 21.9 Å². The minimum absolute atomic E-state index is 0.177. The second-order valence-corrected chi connectivity index (χ2v) is 4.04. The van der Waals surface area contributed by atoms with Gasteiger partial charge in [-0.15, -0.1) is 0 Å². The zero-order chi connectivity index (χ0) is 11.2. The predicted octanol–water partition coefficient (Wildman–Crippen LogP) is -0.556. The largest absolute Gasteiger partial charge is 0.748 e. The molecule has 0 radical (unpaired) electrons. The lowest BCUT2D eigenvalue weighted by Crippen LogP contribution is -2.19. The van der Waals surface area contributed by atoms with Crippen LogP contribution in [0.5, 0.6) is 0 Å². The highest BCUT2D eigenvalue weighted by Crippen LogP contribution is 1.93. The lowest BCUT2D eigenvalue weighted by molar-refractivity contribution is -0.145. The number of Topliss-reactive ketones (excluding diaryl/α,β-unsaturated/α-hetero) is 1. The number of ether oxygens (including phenoxy) is 1. The maximum atomic E-state index is 10.8. The topological polar surface area (TPSA) is 101 Å². The number of hydrogen-bond donors (Lipinski definition) is 0. The Kier molecular flexibility index (Phi) is 5.32. The number of ketones is 1. The second-order valence-electron chi connectivity index (χ2n) is 2.64. The van der Waals surface area contributed by atoms with Gasteiger partial charge in [0, 0.05) is 0 Å². The zero-order valence-electron chi connectivity index (χ0n) is 7.69. The SMILES string of the molecule is CCCOC(=O)CC(=O)CS(=O)(=O)[O-]. The molecule has 0 heterocycles. The van der Waals surface area contributed by atoms with E-state index in [0.29, 0.717) is 6.42 Å². The summed E-state index contributed by atoms with van der Waals surface area (Å²) in [4.78, 5) is 21.5. The molecule has 0 atom stereocenters. The van der Waals surface area contributed by atoms with Gasteiger partial charge in [-0.1, -0.05) is 6.92 Å². The first-order chi connectivity index (χ1) is 6.35. The molecular weight excluding hydrogens is 212 g/mol. The van der Waals surface area contributed by atoms with Crippen LogP contribution < -0.4 is 0 Å². The van der Waals surface area contributed by atoms with Crippen LogP contribution in [-0.4, -0.2) is 37.1 Å². The van der Waals surface area contributed by atoms with Crippen molar-refractivity contribution in [2.24, 2.45) is 0 Å². The van der Waals surface area contributed by atoms with Gasteiger partial charge in [0.25, 0.3) is 0 Å². The minimum atomic E-state index is -4.60. The predicted molar refractivity (Wildman–Crippen MR) is 45.4 cm³/mol. The van der Waals surface area contributed by atoms with Gasteiger partial charge in [-0.05, 0) is 6.42 Å². The van der Waals surface area contributed by atoms with Gasteiger partial charge in [-0.2, -0.15) is 0 Å². The van der Waals surface area contributed by atoms with Crippen LogP contribution in [0.4, 0.5) is 0 Å². The molecule has 0 saturated carbocycles. The molecule has 0 amide bonds. The lowest BCUT2D eigenvalue weighted by Gasteiger charge is -2.05. The number of carbonyl (C=O) groups excluding carboxylic acids is 2. The highest BCUT2D eigenvalue weighted by atomic mass is 32.2. The van der Waals surface area contributed by atoms with Crippen LogP contribution in [0.1, 0.15) is 19.8 Å². The molecule has 0 bridgehead atoms. The molecule has 6 nitrogen and oxygen atoms in total. The van der Waals surface area contributed by atoms with E-state index in [-0.39, 0.29) is 6.61 Å². The van der Waals surface area contributed by atoms with Crippen molar-refractivity contribution in [1.29, 1.82) is 0 Å². The van der Waals surface area contributed by atoms with Crippen molar-refractivity contribution in [2.75, 3.05) is 12.4 Å². The van der Waals surface area contributed by atoms with Crippen LogP contribution >= 0.6 is 0 Å². The van der Waals surface area contributed by atoms with E-state index >= 15 is 0 Å². The van der Waals surface area contributed by atoms with Crippen molar-refractivity contribution in [3.63, 3.8) is 0 Å². The van der Waals surface area contributed by atoms with Crippen molar-refractivity contribution < 1.29 is 27.3 Å². The van der Waals surface area contributed by atoms with E-state index in [1.54, 1.807) is 6.92 Å². The summed E-state index contributed by atoms with van der Waals surface area (Å²) < 4.78 is 34.8. The van der Waals surface area contributed by atoms with Crippen LogP contribution in [0, 0.1) is 0 Å². The van der Waals surface area contributed by atoms with Crippen molar-refractivity contribution in [1.82, 2.24) is 0 Å². The van der Waals surface area contributed by atoms with Gasteiger partial charge < -0.3 is 9.29 Å². The first-order valence-electron chi connectivity index (χ1n) is 3.96. The Morgan fingerprint density at radius 3 is 2.36 bits per heavy atom. The molecule has 0 aliphatic heterocycles. The maximum absolute atomic E-state index is 10.8. The molecule has 0 spiro atoms. The average Bonchev–Trinajstić information content (AvgIpc) is 1.96. The average molecular weight is 223 g/mol. The summed E-state index contributed by atoms with van der Waals surface area (Å²) in [6.45, 7) is 1.95. The number of rotatable bonds is 6. The van der Waals surface area contributed by atoms with Crippen LogP contribution in [0.25, 0.3) is 0 Å². The van der Waals surface area contributed by atoms with E-state index in [9.17, 15) is 22.6 Å². The fourth-order valence-corrected chi connectivity index (χ4v) is 1.17. The maximum Gasteiger partial charge on any atom is 0.313 e. The zero-order valence-corrected chi connectivity index (χ0v) is 8.50. The van der Waals surface area contributed by atoms with Crippen LogP contribution in [-0.2, 0) is 24.4 Å². The molecule has 0 aliphatic carbocycles. The van der Waals surface area contributed by atoms with Crippen LogP contribution in [0.3, 0.4) is 0 Å². The molecule has 14 heavy (non-hydrogen) atoms. The van der Waals surface area contributed by atoms with Crippen molar-refractivity contribution in [2.45, 2.75) is 19.8 Å². The fourth-order valence-electron chi connectivity index (χ4n) is 0.676. The van der Waals surface area contributed by atoms with E-state index in [1.165, 1.54) is 0 Å². The van der Waals surface area contributed by atoms with Gasteiger partial charge in [0.2, 0.25) is 0 Å². The Balaban J connectivity index is 3.89. The van der Waals surface area contributed by atoms with E-state index < -0.39 is 34.0 Å². The van der Waals surface area contributed by atoms with E-state index in [1.807, 2.05) is 0 Å². The lowest BCUT2D eigenvalue weighted by atomic mass is 10.3. The number of carbonyl (C=O) groups is 2. The summed E-state index contributed by atoms with van der Waals surface area (Å²) in [5.41, 5.74) is 0. The molecular formula is C7H11O6S-. The Bertz CT molecular complexity index is 304. The first-order valence-corrected chi connectivity index (χ1v) is 5.53. The van der Waals surface area contributed by atoms with Gasteiger partial charge in [0.05, 0.1) is 12.4 Å². The molecule has 0 unspecified atom stereocenters. The van der Waals surface area contributed by atoms with Gasteiger partial charge in [-0.25, -0.2) is 8.42 Å². The molecule has 0 N–H and O–H groups in total. The first kappa shape index (κ1) is 13.1. The Hall–Kier alpha value is -0.950. The molecule has 0 saturated heterocycles. The standard InChI is InChI=1S/C7H12O6S/c1-2-3-13-7(9)4-6(8)5-14(10,11)12/h2-5H2,1H3,(H,10,11,12)/p-1. The Morgan fingerprint density at radius 1 is 1.36 bits per heavy atom. The Morgan fingerprint density at radius 2 is 1.93 bits per heavy atom. The van der Waals surface area contributed by atoms with Crippen molar-refractivity contribution in [3.05, 3.63) is 0 Å². The third-order valence-electron chi connectivity index (χ3n) is 1.15. The monoisotopic (exact) mass is 223 g/mol. The van der Waals surface area contributed by atoms with Crippen LogP contribution in [0.2, 0.25) is 0 Å². The smallest absolute Gasteiger partial charge is 0.313 e. The number of esters is 1. The molecule has 0 aliphatic rings. The minimum Gasteiger partial charge on any atom is -0.748 e. The van der Waals surface area contributed by atoms with Gasteiger partial charge >= 0.3 is 5.97 Å².